The number of carboxylic acid groups (broad SMARTS) is 1. The molecule has 0 aromatic carbocycles. The van der Waals surface area contributed by atoms with E-state index in [1.807, 2.05) is 0 Å². The second-order valence-electron chi connectivity index (χ2n) is 6.06. The molecule has 0 bridgehead atoms. The number of rotatable bonds is 6. The van der Waals surface area contributed by atoms with Gasteiger partial charge in [-0.05, 0) is 45.4 Å². The van der Waals surface area contributed by atoms with Crippen LogP contribution in [0.1, 0.15) is 52.4 Å². The standard InChI is InChI=1S/C14H24O5/c1-13(2,18)8-9-14(11(15)16,12(17)19-3)10-6-4-5-7-10/h10,18H,4-9H2,1-3H3,(H,15,16). The van der Waals surface area contributed by atoms with Crippen molar-refractivity contribution in [1.82, 2.24) is 0 Å². The van der Waals surface area contributed by atoms with Crippen molar-refractivity contribution >= 4 is 11.9 Å². The van der Waals surface area contributed by atoms with Crippen molar-refractivity contribution in [3.63, 3.8) is 0 Å². The Balaban J connectivity index is 3.04. The van der Waals surface area contributed by atoms with Crippen LogP contribution in [-0.4, -0.2) is 34.9 Å². The third-order valence-electron chi connectivity index (χ3n) is 4.11. The summed E-state index contributed by atoms with van der Waals surface area (Å²) in [5, 5.41) is 19.4. The molecule has 0 spiro atoms. The molecule has 1 rings (SSSR count). The number of methoxy groups -OCH3 is 1. The van der Waals surface area contributed by atoms with Crippen molar-refractivity contribution in [1.29, 1.82) is 0 Å². The molecule has 0 aromatic rings. The molecule has 1 aliphatic carbocycles. The minimum absolute atomic E-state index is 0.114. The van der Waals surface area contributed by atoms with E-state index < -0.39 is 23.0 Å². The van der Waals surface area contributed by atoms with Crippen molar-refractivity contribution in [2.75, 3.05) is 7.11 Å². The van der Waals surface area contributed by atoms with Gasteiger partial charge in [-0.3, -0.25) is 9.59 Å². The van der Waals surface area contributed by atoms with E-state index in [0.717, 1.165) is 25.7 Å². The van der Waals surface area contributed by atoms with E-state index in [2.05, 4.69) is 0 Å². The number of aliphatic hydroxyl groups is 1. The Hall–Kier alpha value is -1.10. The number of esters is 1. The number of aliphatic carboxylic acids is 1. The van der Waals surface area contributed by atoms with Gasteiger partial charge in [0.2, 0.25) is 0 Å². The van der Waals surface area contributed by atoms with E-state index in [1.165, 1.54) is 7.11 Å². The molecule has 1 fully saturated rings. The molecule has 5 heteroatoms. The minimum Gasteiger partial charge on any atom is -0.480 e. The van der Waals surface area contributed by atoms with Gasteiger partial charge in [0.15, 0.2) is 5.41 Å². The van der Waals surface area contributed by atoms with E-state index in [-0.39, 0.29) is 18.8 Å². The van der Waals surface area contributed by atoms with Gasteiger partial charge in [0.25, 0.3) is 0 Å². The highest BCUT2D eigenvalue weighted by atomic mass is 16.5. The maximum atomic E-state index is 12.1. The highest BCUT2D eigenvalue weighted by Gasteiger charge is 2.54. The molecular formula is C14H24O5. The van der Waals surface area contributed by atoms with E-state index in [9.17, 15) is 19.8 Å². The van der Waals surface area contributed by atoms with Crippen LogP contribution in [0.4, 0.5) is 0 Å². The first kappa shape index (κ1) is 16.0. The van der Waals surface area contributed by atoms with E-state index in [4.69, 9.17) is 4.74 Å². The SMILES string of the molecule is COC(=O)C(CCC(C)(C)O)(C(=O)O)C1CCCC1. The Morgan fingerprint density at radius 2 is 1.74 bits per heavy atom. The molecule has 0 heterocycles. The Bertz CT molecular complexity index is 338. The molecule has 1 unspecified atom stereocenters. The van der Waals surface area contributed by atoms with Gasteiger partial charge in [0.05, 0.1) is 12.7 Å². The summed E-state index contributed by atoms with van der Waals surface area (Å²) in [6.45, 7) is 3.23. The molecule has 0 aromatic heterocycles. The number of ether oxygens (including phenoxy) is 1. The summed E-state index contributed by atoms with van der Waals surface area (Å²) in [5.41, 5.74) is -2.50. The Morgan fingerprint density at radius 3 is 2.11 bits per heavy atom. The van der Waals surface area contributed by atoms with Crippen molar-refractivity contribution in [3.8, 4) is 0 Å². The topological polar surface area (TPSA) is 83.8 Å². The molecule has 1 aliphatic rings. The average Bonchev–Trinajstić information content (AvgIpc) is 2.81. The number of carbonyl (C=O) groups is 2. The fourth-order valence-corrected chi connectivity index (χ4v) is 2.95. The average molecular weight is 272 g/mol. The van der Waals surface area contributed by atoms with Gasteiger partial charge in [0, 0.05) is 0 Å². The van der Waals surface area contributed by atoms with Crippen LogP contribution in [-0.2, 0) is 14.3 Å². The summed E-state index contributed by atoms with van der Waals surface area (Å²) >= 11 is 0. The van der Waals surface area contributed by atoms with Gasteiger partial charge >= 0.3 is 11.9 Å². The van der Waals surface area contributed by atoms with Crippen molar-refractivity contribution in [2.24, 2.45) is 11.3 Å². The summed E-state index contributed by atoms with van der Waals surface area (Å²) in [6.07, 6.45) is 3.72. The van der Waals surface area contributed by atoms with Gasteiger partial charge in [-0.25, -0.2) is 0 Å². The quantitative estimate of drug-likeness (QED) is 0.570. The number of carboxylic acids is 1. The van der Waals surface area contributed by atoms with E-state index in [1.54, 1.807) is 13.8 Å². The molecule has 0 aliphatic heterocycles. The van der Waals surface area contributed by atoms with Gasteiger partial charge in [-0.15, -0.1) is 0 Å². The highest BCUT2D eigenvalue weighted by Crippen LogP contribution is 2.45. The van der Waals surface area contributed by atoms with Gasteiger partial charge in [-0.1, -0.05) is 12.8 Å². The lowest BCUT2D eigenvalue weighted by Crippen LogP contribution is -2.46. The molecule has 110 valence electrons. The van der Waals surface area contributed by atoms with Crippen LogP contribution in [0.2, 0.25) is 0 Å². The smallest absolute Gasteiger partial charge is 0.323 e. The zero-order valence-electron chi connectivity index (χ0n) is 11.9. The molecule has 19 heavy (non-hydrogen) atoms. The first-order valence-corrected chi connectivity index (χ1v) is 6.78. The van der Waals surface area contributed by atoms with Crippen molar-refractivity contribution in [3.05, 3.63) is 0 Å². The van der Waals surface area contributed by atoms with Gasteiger partial charge < -0.3 is 14.9 Å². The fourth-order valence-electron chi connectivity index (χ4n) is 2.95. The predicted molar refractivity (Wildman–Crippen MR) is 69.6 cm³/mol. The van der Waals surface area contributed by atoms with E-state index >= 15 is 0 Å². The summed E-state index contributed by atoms with van der Waals surface area (Å²) in [7, 11) is 1.22. The molecule has 1 saturated carbocycles. The fraction of sp³-hybridized carbons (Fsp3) is 0.857. The van der Waals surface area contributed by atoms with Crippen LogP contribution in [0.3, 0.4) is 0 Å². The molecule has 1 atom stereocenters. The number of hydrogen-bond acceptors (Lipinski definition) is 4. The van der Waals surface area contributed by atoms with Crippen LogP contribution < -0.4 is 0 Å². The lowest BCUT2D eigenvalue weighted by Gasteiger charge is -2.34. The maximum Gasteiger partial charge on any atom is 0.323 e. The second-order valence-corrected chi connectivity index (χ2v) is 6.06. The summed E-state index contributed by atoms with van der Waals surface area (Å²) in [5.74, 6) is -2.01. The largest absolute Gasteiger partial charge is 0.480 e. The van der Waals surface area contributed by atoms with Crippen LogP contribution in [0.5, 0.6) is 0 Å². The lowest BCUT2D eigenvalue weighted by atomic mass is 9.69. The van der Waals surface area contributed by atoms with Gasteiger partial charge in [-0.2, -0.15) is 0 Å². The lowest BCUT2D eigenvalue weighted by molar-refractivity contribution is -0.173. The Labute approximate surface area is 114 Å². The third kappa shape index (κ3) is 3.47. The van der Waals surface area contributed by atoms with E-state index in [0.29, 0.717) is 0 Å². The predicted octanol–water partition coefficient (Wildman–Crippen LogP) is 1.97. The summed E-state index contributed by atoms with van der Waals surface area (Å²) in [4.78, 5) is 23.8. The maximum absolute atomic E-state index is 12.1. The van der Waals surface area contributed by atoms with Crippen LogP contribution in [0.25, 0.3) is 0 Å². The molecule has 2 N–H and O–H groups in total. The van der Waals surface area contributed by atoms with Crippen LogP contribution in [0, 0.1) is 11.3 Å². The second kappa shape index (κ2) is 5.90. The summed E-state index contributed by atoms with van der Waals surface area (Å²) < 4.78 is 4.75. The van der Waals surface area contributed by atoms with Crippen molar-refractivity contribution in [2.45, 2.75) is 58.0 Å². The highest BCUT2D eigenvalue weighted by molar-refractivity contribution is 5.99. The summed E-state index contributed by atoms with van der Waals surface area (Å²) in [6, 6.07) is 0. The molecule has 0 radical (unpaired) electrons. The van der Waals surface area contributed by atoms with Crippen LogP contribution >= 0.6 is 0 Å². The third-order valence-corrected chi connectivity index (χ3v) is 4.11. The minimum atomic E-state index is -1.51. The zero-order chi connectivity index (χ0) is 14.7. The molecule has 0 amide bonds. The Kier molecular flexibility index (Phi) is 4.96. The van der Waals surface area contributed by atoms with Gasteiger partial charge in [0.1, 0.15) is 0 Å². The number of hydrogen-bond donors (Lipinski definition) is 2. The van der Waals surface area contributed by atoms with Crippen LogP contribution in [0.15, 0.2) is 0 Å². The first-order chi connectivity index (χ1) is 8.74. The zero-order valence-corrected chi connectivity index (χ0v) is 11.9. The number of carbonyl (C=O) groups excluding carboxylic acids is 1. The molecule has 5 nitrogen and oxygen atoms in total. The molecule has 0 saturated heterocycles. The molecular weight excluding hydrogens is 248 g/mol. The first-order valence-electron chi connectivity index (χ1n) is 6.78. The normalized spacial score (nSPS) is 20.0. The van der Waals surface area contributed by atoms with Crippen molar-refractivity contribution < 1.29 is 24.5 Å². The Morgan fingerprint density at radius 1 is 1.21 bits per heavy atom. The monoisotopic (exact) mass is 272 g/mol.